The van der Waals surface area contributed by atoms with Crippen molar-refractivity contribution in [3.63, 3.8) is 0 Å². The molecule has 0 saturated heterocycles. The molecule has 0 heterocycles. The van der Waals surface area contributed by atoms with Gasteiger partial charge >= 0.3 is 5.97 Å². The fourth-order valence-corrected chi connectivity index (χ4v) is 4.42. The molecule has 1 aliphatic carbocycles. The van der Waals surface area contributed by atoms with Gasteiger partial charge in [0.05, 0.1) is 31.7 Å². The summed E-state index contributed by atoms with van der Waals surface area (Å²) in [6, 6.07) is 3.77. The fourth-order valence-electron chi connectivity index (χ4n) is 4.42. The lowest BCUT2D eigenvalue weighted by Gasteiger charge is -2.29. The lowest BCUT2D eigenvalue weighted by molar-refractivity contribution is -0.140. The van der Waals surface area contributed by atoms with Gasteiger partial charge in [-0.15, -0.1) is 0 Å². The number of amides is 1. The number of carboxylic acids is 1. The predicted molar refractivity (Wildman–Crippen MR) is 135 cm³/mol. The van der Waals surface area contributed by atoms with Crippen LogP contribution in [0.5, 0.6) is 11.5 Å². The largest absolute Gasteiger partial charge is 0.504 e. The highest BCUT2D eigenvalue weighted by Crippen LogP contribution is 2.29. The summed E-state index contributed by atoms with van der Waals surface area (Å²) < 4.78 is 5.04. The topological polar surface area (TPSA) is 128 Å². The van der Waals surface area contributed by atoms with Gasteiger partial charge in [0.2, 0.25) is 5.91 Å². The Morgan fingerprint density at radius 1 is 1.26 bits per heavy atom. The maximum Gasteiger partial charge on any atom is 0.305 e. The third kappa shape index (κ3) is 9.38. The third-order valence-electron chi connectivity index (χ3n) is 6.61. The van der Waals surface area contributed by atoms with E-state index < -0.39 is 30.1 Å². The van der Waals surface area contributed by atoms with E-state index in [0.717, 1.165) is 18.4 Å². The van der Waals surface area contributed by atoms with Crippen molar-refractivity contribution in [1.82, 2.24) is 10.6 Å². The molecule has 8 heteroatoms. The van der Waals surface area contributed by atoms with Crippen LogP contribution in [-0.4, -0.2) is 59.0 Å². The standard InChI is InChI=1S/C27H40N2O6/c1-4-20(21-10-6-5-7-11-21)16-23(30)18(2)29-27(34)22(17-26(32)33)28-14-8-9-19-12-13-25(35-3)24(31)15-19/h5-7,10,12-13,15,18,20-23,28,30-31H,4,8-9,11,14,16-17H2,1-3H3,(H,29,34)(H,32,33)/t18-,20+,21?,22-,23+/m0/s1. The van der Waals surface area contributed by atoms with Gasteiger partial charge in [-0.05, 0) is 68.7 Å². The molecule has 0 fully saturated rings. The molecule has 0 aromatic heterocycles. The molecule has 0 radical (unpaired) electrons. The summed E-state index contributed by atoms with van der Waals surface area (Å²) >= 11 is 0. The number of carboxylic acid groups (broad SMARTS) is 1. The number of aromatic hydroxyl groups is 1. The normalized spacial score (nSPS) is 18.5. The van der Waals surface area contributed by atoms with Crippen LogP contribution in [0.1, 0.15) is 51.5 Å². The van der Waals surface area contributed by atoms with Crippen molar-refractivity contribution in [3.8, 4) is 11.5 Å². The molecule has 0 bridgehead atoms. The Morgan fingerprint density at radius 3 is 2.63 bits per heavy atom. The summed E-state index contributed by atoms with van der Waals surface area (Å²) in [4.78, 5) is 24.1. The number of aryl methyl sites for hydroxylation is 1. The molecule has 0 aliphatic heterocycles. The van der Waals surface area contributed by atoms with Crippen LogP contribution in [0, 0.1) is 11.8 Å². The Morgan fingerprint density at radius 2 is 2.03 bits per heavy atom. The molecule has 0 spiro atoms. The molecular weight excluding hydrogens is 448 g/mol. The van der Waals surface area contributed by atoms with Crippen molar-refractivity contribution in [2.45, 2.75) is 70.6 Å². The Bertz CT molecular complexity index is 884. The van der Waals surface area contributed by atoms with Crippen LogP contribution in [0.25, 0.3) is 0 Å². The Hall–Kier alpha value is -2.84. The van der Waals surface area contributed by atoms with Crippen LogP contribution in [0.15, 0.2) is 42.5 Å². The maximum absolute atomic E-state index is 12.8. The number of aliphatic carboxylic acids is 1. The summed E-state index contributed by atoms with van der Waals surface area (Å²) in [5, 5.41) is 35.7. The van der Waals surface area contributed by atoms with Crippen molar-refractivity contribution >= 4 is 11.9 Å². The highest BCUT2D eigenvalue weighted by molar-refractivity contribution is 5.86. The molecular formula is C27H40N2O6. The zero-order valence-corrected chi connectivity index (χ0v) is 20.9. The van der Waals surface area contributed by atoms with Crippen molar-refractivity contribution in [3.05, 3.63) is 48.1 Å². The second-order valence-electron chi connectivity index (χ2n) is 9.20. The average molecular weight is 489 g/mol. The van der Waals surface area contributed by atoms with E-state index in [1.807, 2.05) is 18.2 Å². The van der Waals surface area contributed by atoms with E-state index in [9.17, 15) is 24.9 Å². The van der Waals surface area contributed by atoms with Gasteiger partial charge in [-0.25, -0.2) is 0 Å². The molecule has 194 valence electrons. The number of benzene rings is 1. The summed E-state index contributed by atoms with van der Waals surface area (Å²) in [7, 11) is 1.49. The first-order valence-corrected chi connectivity index (χ1v) is 12.4. The third-order valence-corrected chi connectivity index (χ3v) is 6.61. The number of carbonyl (C=O) groups is 2. The highest BCUT2D eigenvalue weighted by atomic mass is 16.5. The number of methoxy groups -OCH3 is 1. The van der Waals surface area contributed by atoms with E-state index in [1.54, 1.807) is 19.1 Å². The first kappa shape index (κ1) is 28.4. The van der Waals surface area contributed by atoms with Crippen molar-refractivity contribution in [1.29, 1.82) is 0 Å². The van der Waals surface area contributed by atoms with E-state index in [2.05, 4.69) is 29.7 Å². The second-order valence-corrected chi connectivity index (χ2v) is 9.20. The zero-order chi connectivity index (χ0) is 25.8. The number of hydrogen-bond acceptors (Lipinski definition) is 6. The Balaban J connectivity index is 1.85. The second kappa shape index (κ2) is 14.5. The number of rotatable bonds is 15. The lowest BCUT2D eigenvalue weighted by atomic mass is 9.81. The van der Waals surface area contributed by atoms with Crippen LogP contribution in [0.3, 0.4) is 0 Å². The van der Waals surface area contributed by atoms with Gasteiger partial charge in [-0.2, -0.15) is 0 Å². The van der Waals surface area contributed by atoms with Crippen LogP contribution >= 0.6 is 0 Å². The Kier molecular flexibility index (Phi) is 11.8. The molecule has 1 aliphatic rings. The van der Waals surface area contributed by atoms with Crippen LogP contribution < -0.4 is 15.4 Å². The van der Waals surface area contributed by atoms with Crippen LogP contribution in [0.4, 0.5) is 0 Å². The molecule has 1 unspecified atom stereocenters. The molecule has 1 amide bonds. The van der Waals surface area contributed by atoms with Crippen molar-refractivity contribution < 1.29 is 29.6 Å². The van der Waals surface area contributed by atoms with Crippen molar-refractivity contribution in [2.24, 2.45) is 11.8 Å². The fraction of sp³-hybridized carbons (Fsp3) is 0.556. The number of aliphatic hydroxyl groups excluding tert-OH is 1. The smallest absolute Gasteiger partial charge is 0.305 e. The van der Waals surface area contributed by atoms with Gasteiger partial charge in [0.15, 0.2) is 11.5 Å². The number of allylic oxidation sites excluding steroid dienone is 4. The SMILES string of the molecule is CC[C@H](C[C@@H](O)[C@H](C)NC(=O)[C@H](CC(=O)O)NCCCc1ccc(OC)c(O)c1)C1C=CC=CC1. The number of carbonyl (C=O) groups excluding carboxylic acids is 1. The first-order valence-electron chi connectivity index (χ1n) is 12.4. The Labute approximate surface area is 208 Å². The number of phenolic OH excluding ortho intramolecular Hbond substituents is 1. The van der Waals surface area contributed by atoms with E-state index in [-0.39, 0.29) is 12.2 Å². The molecule has 1 aromatic rings. The van der Waals surface area contributed by atoms with Gasteiger partial charge in [-0.3, -0.25) is 9.59 Å². The molecule has 5 atom stereocenters. The van der Waals surface area contributed by atoms with E-state index >= 15 is 0 Å². The predicted octanol–water partition coefficient (Wildman–Crippen LogP) is 3.18. The van der Waals surface area contributed by atoms with Gasteiger partial charge in [0.25, 0.3) is 0 Å². The quantitative estimate of drug-likeness (QED) is 0.240. The lowest BCUT2D eigenvalue weighted by Crippen LogP contribution is -2.51. The summed E-state index contributed by atoms with van der Waals surface area (Å²) in [6.07, 6.45) is 11.0. The minimum Gasteiger partial charge on any atom is -0.504 e. The van der Waals surface area contributed by atoms with Crippen molar-refractivity contribution in [2.75, 3.05) is 13.7 Å². The average Bonchev–Trinajstić information content (AvgIpc) is 2.84. The van der Waals surface area contributed by atoms with Gasteiger partial charge in [-0.1, -0.05) is 43.7 Å². The number of nitrogens with one attached hydrogen (secondary N) is 2. The minimum absolute atomic E-state index is 0.0647. The number of phenols is 1. The molecule has 0 saturated carbocycles. The molecule has 8 nitrogen and oxygen atoms in total. The number of hydrogen-bond donors (Lipinski definition) is 5. The summed E-state index contributed by atoms with van der Waals surface area (Å²) in [5.74, 6) is -0.371. The molecule has 35 heavy (non-hydrogen) atoms. The van der Waals surface area contributed by atoms with E-state index in [0.29, 0.717) is 43.4 Å². The highest BCUT2D eigenvalue weighted by Gasteiger charge is 2.27. The molecule has 5 N–H and O–H groups in total. The number of ether oxygens (including phenoxy) is 1. The first-order chi connectivity index (χ1) is 16.7. The molecule has 1 aromatic carbocycles. The van der Waals surface area contributed by atoms with Crippen LogP contribution in [-0.2, 0) is 16.0 Å². The van der Waals surface area contributed by atoms with E-state index in [4.69, 9.17) is 4.74 Å². The zero-order valence-electron chi connectivity index (χ0n) is 20.9. The monoisotopic (exact) mass is 488 g/mol. The minimum atomic E-state index is -1.07. The van der Waals surface area contributed by atoms with Gasteiger partial charge in [0, 0.05) is 0 Å². The van der Waals surface area contributed by atoms with Gasteiger partial charge in [0.1, 0.15) is 0 Å². The molecule has 2 rings (SSSR count). The summed E-state index contributed by atoms with van der Waals surface area (Å²) in [5.41, 5.74) is 0.912. The van der Waals surface area contributed by atoms with Gasteiger partial charge < -0.3 is 30.7 Å². The summed E-state index contributed by atoms with van der Waals surface area (Å²) in [6.45, 7) is 4.28. The maximum atomic E-state index is 12.8. The number of aliphatic hydroxyl groups is 1. The van der Waals surface area contributed by atoms with Crippen LogP contribution in [0.2, 0.25) is 0 Å². The van der Waals surface area contributed by atoms with E-state index in [1.165, 1.54) is 7.11 Å².